The van der Waals surface area contributed by atoms with Gasteiger partial charge in [-0.25, -0.2) is 4.98 Å². The van der Waals surface area contributed by atoms with E-state index >= 15 is 0 Å². The molecule has 0 atom stereocenters. The Morgan fingerprint density at radius 2 is 2.10 bits per heavy atom. The Hall–Kier alpha value is -1.85. The van der Waals surface area contributed by atoms with Crippen LogP contribution in [0.3, 0.4) is 0 Å². The van der Waals surface area contributed by atoms with Crippen molar-refractivity contribution in [2.45, 2.75) is 6.54 Å². The number of halogens is 2. The summed E-state index contributed by atoms with van der Waals surface area (Å²) in [5.74, 6) is 0.704. The Kier molecular flexibility index (Phi) is 3.94. The van der Waals surface area contributed by atoms with E-state index in [1.807, 2.05) is 24.3 Å². The number of anilines is 1. The van der Waals surface area contributed by atoms with Crippen LogP contribution in [0.5, 0.6) is 0 Å². The Morgan fingerprint density at radius 1 is 1.24 bits per heavy atom. The normalized spacial score (nSPS) is 10.8. The molecule has 21 heavy (non-hydrogen) atoms. The number of hydrogen-bond acceptors (Lipinski definition) is 3. The minimum Gasteiger partial charge on any atom is -0.366 e. The van der Waals surface area contributed by atoms with Crippen LogP contribution in [0, 0.1) is 0 Å². The van der Waals surface area contributed by atoms with E-state index in [1.54, 1.807) is 18.3 Å². The Balaban J connectivity index is 1.90. The van der Waals surface area contributed by atoms with Crippen LogP contribution in [-0.4, -0.2) is 9.97 Å². The van der Waals surface area contributed by atoms with Crippen LogP contribution in [0.1, 0.15) is 5.56 Å². The van der Waals surface area contributed by atoms with Gasteiger partial charge in [-0.1, -0.05) is 27.5 Å². The maximum Gasteiger partial charge on any atom is 0.253 e. The Morgan fingerprint density at radius 3 is 2.90 bits per heavy atom. The second kappa shape index (κ2) is 5.87. The third-order valence-corrected chi connectivity index (χ3v) is 3.79. The summed E-state index contributed by atoms with van der Waals surface area (Å²) in [6.07, 6.45) is 1.69. The van der Waals surface area contributed by atoms with E-state index in [9.17, 15) is 4.79 Å². The maximum absolute atomic E-state index is 12.0. The summed E-state index contributed by atoms with van der Waals surface area (Å²) in [6.45, 7) is 0.390. The molecule has 6 heteroatoms. The number of rotatable bonds is 3. The molecule has 0 fully saturated rings. The van der Waals surface area contributed by atoms with E-state index < -0.39 is 0 Å². The zero-order valence-electron chi connectivity index (χ0n) is 10.9. The fraction of sp³-hybridized carbons (Fsp3) is 0.0667. The van der Waals surface area contributed by atoms with Crippen molar-refractivity contribution in [3.8, 4) is 0 Å². The van der Waals surface area contributed by atoms with Gasteiger partial charge in [-0.15, -0.1) is 0 Å². The number of nitrogens with zero attached hydrogens (tertiary/aromatic N) is 1. The number of H-pyrrole nitrogens is 1. The molecular formula is C15H11BrClN3O. The van der Waals surface area contributed by atoms with E-state index in [0.717, 1.165) is 15.4 Å². The summed E-state index contributed by atoms with van der Waals surface area (Å²) in [4.78, 5) is 19.1. The maximum atomic E-state index is 12.0. The Bertz CT molecular complexity index is 863. The SMILES string of the molecule is O=c1[nH]c2ccc(Cl)cc2cc1CNc1cc(Br)ccn1. The lowest BCUT2D eigenvalue weighted by molar-refractivity contribution is 1.07. The summed E-state index contributed by atoms with van der Waals surface area (Å²) in [5, 5.41) is 4.67. The molecule has 0 radical (unpaired) electrons. The highest BCUT2D eigenvalue weighted by atomic mass is 79.9. The van der Waals surface area contributed by atoms with E-state index in [-0.39, 0.29) is 5.56 Å². The third-order valence-electron chi connectivity index (χ3n) is 3.07. The molecule has 0 saturated carbocycles. The summed E-state index contributed by atoms with van der Waals surface area (Å²) >= 11 is 9.36. The molecule has 0 aliphatic heterocycles. The highest BCUT2D eigenvalue weighted by Gasteiger charge is 2.04. The van der Waals surface area contributed by atoms with Crippen molar-refractivity contribution in [2.24, 2.45) is 0 Å². The fourth-order valence-corrected chi connectivity index (χ4v) is 2.56. The van der Waals surface area contributed by atoms with Crippen molar-refractivity contribution >= 4 is 44.3 Å². The van der Waals surface area contributed by atoms with Gasteiger partial charge in [-0.2, -0.15) is 0 Å². The van der Waals surface area contributed by atoms with Gasteiger partial charge >= 0.3 is 0 Å². The highest BCUT2D eigenvalue weighted by Crippen LogP contribution is 2.18. The molecule has 106 valence electrons. The molecule has 1 aromatic carbocycles. The lowest BCUT2D eigenvalue weighted by atomic mass is 10.1. The quantitative estimate of drug-likeness (QED) is 0.740. The number of aromatic amines is 1. The van der Waals surface area contributed by atoms with Crippen molar-refractivity contribution in [1.82, 2.24) is 9.97 Å². The standard InChI is InChI=1S/C15H11BrClN3O/c16-11-3-4-18-14(7-11)19-8-10-5-9-6-12(17)1-2-13(9)20-15(10)21/h1-7H,8H2,(H,18,19)(H,20,21). The van der Waals surface area contributed by atoms with Crippen LogP contribution >= 0.6 is 27.5 Å². The first-order valence-corrected chi connectivity index (χ1v) is 7.46. The number of hydrogen-bond donors (Lipinski definition) is 2. The van der Waals surface area contributed by atoms with Crippen molar-refractivity contribution < 1.29 is 0 Å². The lowest BCUT2D eigenvalue weighted by Crippen LogP contribution is -2.15. The predicted molar refractivity (Wildman–Crippen MR) is 88.8 cm³/mol. The molecule has 0 aliphatic carbocycles. The second-order valence-electron chi connectivity index (χ2n) is 4.57. The first-order valence-electron chi connectivity index (χ1n) is 6.29. The molecule has 3 aromatic rings. The molecule has 2 heterocycles. The average Bonchev–Trinajstić information content (AvgIpc) is 2.45. The van der Waals surface area contributed by atoms with Gasteiger partial charge in [0.25, 0.3) is 5.56 Å². The molecule has 2 N–H and O–H groups in total. The van der Waals surface area contributed by atoms with Crippen molar-refractivity contribution in [1.29, 1.82) is 0 Å². The zero-order valence-corrected chi connectivity index (χ0v) is 13.2. The van der Waals surface area contributed by atoms with Crippen molar-refractivity contribution in [2.75, 3.05) is 5.32 Å². The van der Waals surface area contributed by atoms with Gasteiger partial charge in [0.05, 0.1) is 0 Å². The number of nitrogens with one attached hydrogen (secondary N) is 2. The van der Waals surface area contributed by atoms with Crippen LogP contribution in [0.25, 0.3) is 10.9 Å². The van der Waals surface area contributed by atoms with Crippen LogP contribution in [-0.2, 0) is 6.54 Å². The summed E-state index contributed by atoms with van der Waals surface area (Å²) in [6, 6.07) is 10.9. The van der Waals surface area contributed by atoms with Crippen LogP contribution in [0.4, 0.5) is 5.82 Å². The summed E-state index contributed by atoms with van der Waals surface area (Å²) in [5.41, 5.74) is 1.28. The van der Waals surface area contributed by atoms with E-state index in [0.29, 0.717) is 22.9 Å². The predicted octanol–water partition coefficient (Wildman–Crippen LogP) is 3.95. The summed E-state index contributed by atoms with van der Waals surface area (Å²) in [7, 11) is 0. The highest BCUT2D eigenvalue weighted by molar-refractivity contribution is 9.10. The van der Waals surface area contributed by atoms with Crippen molar-refractivity contribution in [3.63, 3.8) is 0 Å². The van der Waals surface area contributed by atoms with E-state index in [2.05, 4.69) is 31.2 Å². The molecule has 0 spiro atoms. The molecule has 0 saturated heterocycles. The molecule has 3 rings (SSSR count). The van der Waals surface area contributed by atoms with E-state index in [4.69, 9.17) is 11.6 Å². The molecule has 0 amide bonds. The van der Waals surface area contributed by atoms with Gasteiger partial charge in [0, 0.05) is 38.7 Å². The van der Waals surface area contributed by atoms with Gasteiger partial charge in [-0.05, 0) is 36.4 Å². The number of pyridine rings is 2. The van der Waals surface area contributed by atoms with Crippen LogP contribution in [0.2, 0.25) is 5.02 Å². The minimum atomic E-state index is -0.118. The average molecular weight is 365 g/mol. The molecule has 0 aliphatic rings. The third kappa shape index (κ3) is 3.25. The number of benzene rings is 1. The Labute approximate surface area is 134 Å². The van der Waals surface area contributed by atoms with Gasteiger partial charge in [0.1, 0.15) is 5.82 Å². The number of fused-ring (bicyclic) bond motifs is 1. The lowest BCUT2D eigenvalue weighted by Gasteiger charge is -2.07. The molecule has 0 bridgehead atoms. The fourth-order valence-electron chi connectivity index (χ4n) is 2.04. The molecule has 2 aromatic heterocycles. The first kappa shape index (κ1) is 14.1. The van der Waals surface area contributed by atoms with Gasteiger partial charge in [-0.3, -0.25) is 4.79 Å². The van der Waals surface area contributed by atoms with Crippen LogP contribution in [0.15, 0.2) is 51.9 Å². The van der Waals surface area contributed by atoms with Gasteiger partial charge < -0.3 is 10.3 Å². The second-order valence-corrected chi connectivity index (χ2v) is 5.92. The minimum absolute atomic E-state index is 0.118. The van der Waals surface area contributed by atoms with Gasteiger partial charge in [0.15, 0.2) is 0 Å². The largest absolute Gasteiger partial charge is 0.366 e. The first-order chi connectivity index (χ1) is 10.1. The molecule has 4 nitrogen and oxygen atoms in total. The zero-order chi connectivity index (χ0) is 14.8. The monoisotopic (exact) mass is 363 g/mol. The van der Waals surface area contributed by atoms with Crippen LogP contribution < -0.4 is 10.9 Å². The smallest absolute Gasteiger partial charge is 0.253 e. The van der Waals surface area contributed by atoms with E-state index in [1.165, 1.54) is 0 Å². The summed E-state index contributed by atoms with van der Waals surface area (Å²) < 4.78 is 0.930. The van der Waals surface area contributed by atoms with Crippen molar-refractivity contribution in [3.05, 3.63) is 68.0 Å². The molecule has 0 unspecified atom stereocenters. The number of aromatic nitrogens is 2. The molecular weight excluding hydrogens is 354 g/mol. The topological polar surface area (TPSA) is 57.8 Å². The van der Waals surface area contributed by atoms with Gasteiger partial charge in [0.2, 0.25) is 0 Å².